The molecule has 1 N–H and O–H groups in total. The molecule has 3 aromatic carbocycles. The first-order valence-electron chi connectivity index (χ1n) is 9.42. The van der Waals surface area contributed by atoms with Gasteiger partial charge < -0.3 is 5.11 Å². The molecular weight excluding hydrogens is 411 g/mol. The molecule has 0 radical (unpaired) electrons. The summed E-state index contributed by atoms with van der Waals surface area (Å²) in [7, 11) is 0. The Morgan fingerprint density at radius 2 is 1.63 bits per heavy atom. The SMILES string of the molecule is CC(C)(CC(O)(Cc1ccc(C#N)cc1Cl)C(F)(F)F)c1ccc2ccccc2c1. The van der Waals surface area contributed by atoms with Gasteiger partial charge in [-0.05, 0) is 45.9 Å². The van der Waals surface area contributed by atoms with Crippen molar-refractivity contribution in [1.29, 1.82) is 5.26 Å². The molecule has 0 aliphatic carbocycles. The Labute approximate surface area is 178 Å². The van der Waals surface area contributed by atoms with Gasteiger partial charge in [0, 0.05) is 11.4 Å². The van der Waals surface area contributed by atoms with E-state index in [0.717, 1.165) is 10.8 Å². The number of hydrogen-bond donors (Lipinski definition) is 1. The van der Waals surface area contributed by atoms with Gasteiger partial charge in [-0.1, -0.05) is 74.0 Å². The minimum absolute atomic E-state index is 0.0280. The van der Waals surface area contributed by atoms with Crippen molar-refractivity contribution in [3.63, 3.8) is 0 Å². The molecular formula is C24H21ClF3NO. The maximum absolute atomic E-state index is 14.0. The van der Waals surface area contributed by atoms with Gasteiger partial charge in [0.05, 0.1) is 11.6 Å². The largest absolute Gasteiger partial charge is 0.417 e. The molecule has 3 rings (SSSR count). The van der Waals surface area contributed by atoms with Crippen molar-refractivity contribution in [2.24, 2.45) is 0 Å². The number of aliphatic hydroxyl groups is 1. The van der Waals surface area contributed by atoms with Crippen molar-refractivity contribution in [2.75, 3.05) is 0 Å². The second kappa shape index (κ2) is 7.94. The zero-order valence-corrected chi connectivity index (χ0v) is 17.3. The molecule has 0 spiro atoms. The van der Waals surface area contributed by atoms with E-state index < -0.39 is 30.0 Å². The predicted molar refractivity (Wildman–Crippen MR) is 112 cm³/mol. The van der Waals surface area contributed by atoms with Gasteiger partial charge in [0.2, 0.25) is 0 Å². The average molecular weight is 432 g/mol. The number of nitriles is 1. The van der Waals surface area contributed by atoms with Gasteiger partial charge in [0.25, 0.3) is 0 Å². The maximum atomic E-state index is 14.0. The molecule has 156 valence electrons. The van der Waals surface area contributed by atoms with Crippen LogP contribution in [0.5, 0.6) is 0 Å². The topological polar surface area (TPSA) is 44.0 Å². The van der Waals surface area contributed by atoms with Gasteiger partial charge in [0.1, 0.15) is 0 Å². The van der Waals surface area contributed by atoms with E-state index in [1.807, 2.05) is 42.5 Å². The second-order valence-electron chi connectivity index (χ2n) is 8.25. The van der Waals surface area contributed by atoms with Crippen LogP contribution in [0, 0.1) is 11.3 Å². The minimum Gasteiger partial charge on any atom is -0.380 e. The number of rotatable bonds is 5. The molecule has 0 bridgehead atoms. The lowest BCUT2D eigenvalue weighted by Crippen LogP contribution is -2.50. The first-order valence-corrected chi connectivity index (χ1v) is 9.80. The molecule has 3 aromatic rings. The highest BCUT2D eigenvalue weighted by molar-refractivity contribution is 6.31. The summed E-state index contributed by atoms with van der Waals surface area (Å²) in [6.45, 7) is 3.38. The summed E-state index contributed by atoms with van der Waals surface area (Å²) in [5.41, 5.74) is -2.86. The van der Waals surface area contributed by atoms with Crippen molar-refractivity contribution < 1.29 is 18.3 Å². The summed E-state index contributed by atoms with van der Waals surface area (Å²) in [5.74, 6) is 0. The zero-order chi connectivity index (χ0) is 22.2. The van der Waals surface area contributed by atoms with Crippen molar-refractivity contribution in [3.05, 3.63) is 82.4 Å². The lowest BCUT2D eigenvalue weighted by atomic mass is 9.72. The maximum Gasteiger partial charge on any atom is 0.417 e. The quantitative estimate of drug-likeness (QED) is 0.496. The molecule has 0 aliphatic heterocycles. The summed E-state index contributed by atoms with van der Waals surface area (Å²) in [5, 5.41) is 21.7. The fraction of sp³-hybridized carbons (Fsp3) is 0.292. The zero-order valence-electron chi connectivity index (χ0n) is 16.6. The van der Waals surface area contributed by atoms with E-state index in [1.165, 1.54) is 18.2 Å². The molecule has 0 aromatic heterocycles. The predicted octanol–water partition coefficient (Wildman–Crippen LogP) is 6.57. The van der Waals surface area contributed by atoms with Gasteiger partial charge in [-0.25, -0.2) is 0 Å². The Morgan fingerprint density at radius 1 is 0.967 bits per heavy atom. The second-order valence-corrected chi connectivity index (χ2v) is 8.65. The highest BCUT2D eigenvalue weighted by atomic mass is 35.5. The van der Waals surface area contributed by atoms with Crippen molar-refractivity contribution in [1.82, 2.24) is 0 Å². The Hall–Kier alpha value is -2.55. The molecule has 0 amide bonds. The first kappa shape index (κ1) is 22.1. The normalized spacial score (nSPS) is 14.3. The fourth-order valence-electron chi connectivity index (χ4n) is 3.78. The van der Waals surface area contributed by atoms with Crippen molar-refractivity contribution in [3.8, 4) is 6.07 Å². The van der Waals surface area contributed by atoms with Crippen molar-refractivity contribution >= 4 is 22.4 Å². The minimum atomic E-state index is -4.86. The molecule has 2 nitrogen and oxygen atoms in total. The van der Waals surface area contributed by atoms with Crippen LogP contribution in [0.15, 0.2) is 60.7 Å². The lowest BCUT2D eigenvalue weighted by molar-refractivity contribution is -0.266. The number of hydrogen-bond acceptors (Lipinski definition) is 2. The standard InChI is InChI=1S/C24H21ClF3NO/c1-22(2,20-10-9-17-5-3-4-6-18(17)12-20)15-23(30,24(26,27)28)13-19-8-7-16(14-29)11-21(19)25/h3-12,30H,13,15H2,1-2H3. The van der Waals surface area contributed by atoms with Gasteiger partial charge in [-0.2, -0.15) is 18.4 Å². The van der Waals surface area contributed by atoms with Gasteiger partial charge in [0.15, 0.2) is 5.60 Å². The van der Waals surface area contributed by atoms with Crippen LogP contribution in [0.2, 0.25) is 5.02 Å². The third-order valence-corrected chi connectivity index (χ3v) is 5.81. The van der Waals surface area contributed by atoms with Crippen LogP contribution >= 0.6 is 11.6 Å². The number of benzene rings is 3. The van der Waals surface area contributed by atoms with E-state index in [9.17, 15) is 18.3 Å². The van der Waals surface area contributed by atoms with Crippen LogP contribution in [0.25, 0.3) is 10.8 Å². The summed E-state index contributed by atoms with van der Waals surface area (Å²) in [6, 6.07) is 19.1. The van der Waals surface area contributed by atoms with Crippen LogP contribution < -0.4 is 0 Å². The van der Waals surface area contributed by atoms with Crippen LogP contribution in [0.4, 0.5) is 13.2 Å². The molecule has 0 saturated heterocycles. The van der Waals surface area contributed by atoms with Gasteiger partial charge in [-0.15, -0.1) is 0 Å². The molecule has 0 fully saturated rings. The molecule has 30 heavy (non-hydrogen) atoms. The molecule has 0 heterocycles. The van der Waals surface area contributed by atoms with Crippen molar-refractivity contribution in [2.45, 2.75) is 43.9 Å². The smallest absolute Gasteiger partial charge is 0.380 e. The monoisotopic (exact) mass is 431 g/mol. The van der Waals surface area contributed by atoms with E-state index in [2.05, 4.69) is 0 Å². The summed E-state index contributed by atoms with van der Waals surface area (Å²) in [4.78, 5) is 0. The fourth-order valence-corrected chi connectivity index (χ4v) is 4.03. The molecule has 1 atom stereocenters. The first-order chi connectivity index (χ1) is 13.9. The Balaban J connectivity index is 1.97. The number of halogens is 4. The van der Waals surface area contributed by atoms with E-state index in [0.29, 0.717) is 5.56 Å². The van der Waals surface area contributed by atoms with Crippen LogP contribution in [-0.4, -0.2) is 16.9 Å². The number of alkyl halides is 3. The summed E-state index contributed by atoms with van der Waals surface area (Å²) < 4.78 is 42.1. The molecule has 6 heteroatoms. The lowest BCUT2D eigenvalue weighted by Gasteiger charge is -2.38. The third-order valence-electron chi connectivity index (χ3n) is 5.46. The van der Waals surface area contributed by atoms with Crippen LogP contribution in [-0.2, 0) is 11.8 Å². The number of nitrogens with zero attached hydrogens (tertiary/aromatic N) is 1. The van der Waals surface area contributed by atoms with Crippen LogP contribution in [0.3, 0.4) is 0 Å². The Bertz CT molecular complexity index is 1120. The third kappa shape index (κ3) is 4.45. The molecule has 0 aliphatic rings. The van der Waals surface area contributed by atoms with E-state index in [4.69, 9.17) is 16.9 Å². The highest BCUT2D eigenvalue weighted by Gasteiger charge is 2.55. The summed E-state index contributed by atoms with van der Waals surface area (Å²) >= 11 is 6.09. The Kier molecular flexibility index (Phi) is 5.86. The average Bonchev–Trinajstić information content (AvgIpc) is 2.68. The van der Waals surface area contributed by atoms with E-state index >= 15 is 0 Å². The van der Waals surface area contributed by atoms with Gasteiger partial charge in [-0.3, -0.25) is 0 Å². The van der Waals surface area contributed by atoms with Gasteiger partial charge >= 0.3 is 6.18 Å². The highest BCUT2D eigenvalue weighted by Crippen LogP contribution is 2.44. The number of fused-ring (bicyclic) bond motifs is 1. The van der Waals surface area contributed by atoms with E-state index in [1.54, 1.807) is 19.9 Å². The molecule has 1 unspecified atom stereocenters. The van der Waals surface area contributed by atoms with E-state index in [-0.39, 0.29) is 16.1 Å². The Morgan fingerprint density at radius 3 is 2.23 bits per heavy atom. The van der Waals surface area contributed by atoms with Crippen LogP contribution in [0.1, 0.15) is 37.0 Å². The summed E-state index contributed by atoms with van der Waals surface area (Å²) in [6.07, 6.45) is -6.10. The molecule has 0 saturated carbocycles.